The fraction of sp³-hybridized carbons (Fsp3) is 0.125. The molecule has 2 nitrogen and oxygen atoms in total. The predicted molar refractivity (Wildman–Crippen MR) is 108 cm³/mol. The predicted octanol–water partition coefficient (Wildman–Crippen LogP) is 5.78. The third-order valence-corrected chi connectivity index (χ3v) is 5.19. The van der Waals surface area contributed by atoms with Crippen molar-refractivity contribution in [1.82, 2.24) is 4.98 Å². The van der Waals surface area contributed by atoms with Crippen molar-refractivity contribution >= 4 is 22.4 Å². The van der Waals surface area contributed by atoms with Crippen LogP contribution in [0.4, 0.5) is 11.5 Å². The van der Waals surface area contributed by atoms with Crippen LogP contribution in [0.3, 0.4) is 0 Å². The number of pyridine rings is 1. The highest BCUT2D eigenvalue weighted by Gasteiger charge is 2.17. The zero-order chi connectivity index (χ0) is 17.5. The fourth-order valence-electron chi connectivity index (χ4n) is 3.75. The summed E-state index contributed by atoms with van der Waals surface area (Å²) in [6.07, 6.45) is 1.86. The Morgan fingerprint density at radius 2 is 1.73 bits per heavy atom. The number of aromatic nitrogens is 1. The topological polar surface area (TPSA) is 24.9 Å². The van der Waals surface area contributed by atoms with Crippen molar-refractivity contribution in [2.45, 2.75) is 19.8 Å². The molecule has 1 aromatic heterocycles. The molecule has 0 unspecified atom stereocenters. The molecule has 26 heavy (non-hydrogen) atoms. The van der Waals surface area contributed by atoms with Gasteiger partial charge in [-0.05, 0) is 53.8 Å². The van der Waals surface area contributed by atoms with Crippen LogP contribution in [0.1, 0.15) is 27.8 Å². The van der Waals surface area contributed by atoms with Crippen LogP contribution in [-0.4, -0.2) is 4.98 Å². The zero-order valence-electron chi connectivity index (χ0n) is 14.8. The molecule has 2 heteroatoms. The Hall–Kier alpha value is -3.13. The van der Waals surface area contributed by atoms with Gasteiger partial charge in [-0.25, -0.2) is 4.98 Å². The minimum absolute atomic E-state index is 0.931. The summed E-state index contributed by atoms with van der Waals surface area (Å²) >= 11 is 0. The monoisotopic (exact) mass is 336 g/mol. The highest BCUT2D eigenvalue weighted by Crippen LogP contribution is 2.34. The lowest BCUT2D eigenvalue weighted by atomic mass is 9.95. The molecule has 0 aliphatic carbocycles. The standard InChI is InChI=1S/C24H20N2/c1-16-9-11-17(12-10-16)13-18-6-4-8-23-21(18)15-20-14-19-5-2-3-7-22(19)25-24(20)26-23/h2-12,15H,13-14H2,1H3,(H,25,26). The number of fused-ring (bicyclic) bond motifs is 3. The van der Waals surface area contributed by atoms with Gasteiger partial charge in [0.2, 0.25) is 0 Å². The summed E-state index contributed by atoms with van der Waals surface area (Å²) < 4.78 is 0. The van der Waals surface area contributed by atoms with Crippen LogP contribution < -0.4 is 5.32 Å². The van der Waals surface area contributed by atoms with Gasteiger partial charge in [-0.2, -0.15) is 0 Å². The maximum atomic E-state index is 4.92. The van der Waals surface area contributed by atoms with E-state index in [0.29, 0.717) is 0 Å². The Bertz CT molecular complexity index is 1110. The largest absolute Gasteiger partial charge is 0.340 e. The Labute approximate surface area is 153 Å². The minimum atomic E-state index is 0.931. The van der Waals surface area contributed by atoms with Gasteiger partial charge in [0.05, 0.1) is 5.52 Å². The van der Waals surface area contributed by atoms with Crippen molar-refractivity contribution < 1.29 is 0 Å². The van der Waals surface area contributed by atoms with Gasteiger partial charge < -0.3 is 5.32 Å². The van der Waals surface area contributed by atoms with Crippen LogP contribution in [-0.2, 0) is 12.8 Å². The molecule has 1 aliphatic heterocycles. The van der Waals surface area contributed by atoms with E-state index in [1.54, 1.807) is 0 Å². The lowest BCUT2D eigenvalue weighted by Crippen LogP contribution is -2.08. The number of nitrogens with zero attached hydrogens (tertiary/aromatic N) is 1. The molecule has 0 fully saturated rings. The fourth-order valence-corrected chi connectivity index (χ4v) is 3.75. The summed E-state index contributed by atoms with van der Waals surface area (Å²) in [5.41, 5.74) is 8.80. The van der Waals surface area contributed by atoms with Gasteiger partial charge in [0, 0.05) is 17.5 Å². The van der Waals surface area contributed by atoms with Crippen molar-refractivity contribution in [3.05, 3.63) is 101 Å². The van der Waals surface area contributed by atoms with Gasteiger partial charge >= 0.3 is 0 Å². The average molecular weight is 336 g/mol. The first kappa shape index (κ1) is 15.2. The Morgan fingerprint density at radius 1 is 0.885 bits per heavy atom. The second-order valence-electron chi connectivity index (χ2n) is 7.10. The molecule has 0 saturated heterocycles. The second-order valence-corrected chi connectivity index (χ2v) is 7.10. The van der Waals surface area contributed by atoms with Crippen molar-refractivity contribution in [2.75, 3.05) is 5.32 Å². The number of rotatable bonds is 2. The number of nitrogens with one attached hydrogen (secondary N) is 1. The number of para-hydroxylation sites is 1. The molecule has 0 amide bonds. The van der Waals surface area contributed by atoms with Crippen LogP contribution >= 0.6 is 0 Å². The maximum Gasteiger partial charge on any atom is 0.134 e. The van der Waals surface area contributed by atoms with E-state index < -0.39 is 0 Å². The third-order valence-electron chi connectivity index (χ3n) is 5.19. The van der Waals surface area contributed by atoms with Crippen molar-refractivity contribution in [2.24, 2.45) is 0 Å². The summed E-state index contributed by atoms with van der Waals surface area (Å²) in [4.78, 5) is 4.92. The van der Waals surface area contributed by atoms with Gasteiger partial charge in [-0.15, -0.1) is 0 Å². The van der Waals surface area contributed by atoms with Crippen LogP contribution in [0.2, 0.25) is 0 Å². The molecule has 0 saturated carbocycles. The summed E-state index contributed by atoms with van der Waals surface area (Å²) in [5, 5.41) is 4.75. The Morgan fingerprint density at radius 3 is 2.62 bits per heavy atom. The van der Waals surface area contributed by atoms with Crippen LogP contribution in [0.15, 0.2) is 72.8 Å². The van der Waals surface area contributed by atoms with Crippen molar-refractivity contribution in [3.8, 4) is 0 Å². The second kappa shape index (κ2) is 5.99. The van der Waals surface area contributed by atoms with E-state index in [1.807, 2.05) is 0 Å². The summed E-state index contributed by atoms with van der Waals surface area (Å²) in [6, 6.07) is 26.0. The molecule has 3 aromatic carbocycles. The zero-order valence-corrected chi connectivity index (χ0v) is 14.8. The first-order valence-electron chi connectivity index (χ1n) is 9.08. The van der Waals surface area contributed by atoms with Crippen LogP contribution in [0, 0.1) is 6.92 Å². The molecule has 0 atom stereocenters. The van der Waals surface area contributed by atoms with E-state index in [0.717, 1.165) is 24.2 Å². The minimum Gasteiger partial charge on any atom is -0.340 e. The van der Waals surface area contributed by atoms with Crippen LogP contribution in [0.25, 0.3) is 10.9 Å². The maximum absolute atomic E-state index is 4.92. The van der Waals surface area contributed by atoms with E-state index in [2.05, 4.69) is 85.0 Å². The normalized spacial score (nSPS) is 12.3. The highest BCUT2D eigenvalue weighted by molar-refractivity contribution is 5.87. The highest BCUT2D eigenvalue weighted by atomic mass is 15.0. The molecule has 2 heterocycles. The number of hydrogen-bond donors (Lipinski definition) is 1. The van der Waals surface area contributed by atoms with E-state index in [-0.39, 0.29) is 0 Å². The summed E-state index contributed by atoms with van der Waals surface area (Å²) in [7, 11) is 0. The van der Waals surface area contributed by atoms with Gasteiger partial charge in [-0.1, -0.05) is 60.2 Å². The lowest BCUT2D eigenvalue weighted by Gasteiger charge is -2.21. The molecule has 0 radical (unpaired) electrons. The van der Waals surface area contributed by atoms with Crippen molar-refractivity contribution in [1.29, 1.82) is 0 Å². The first-order chi connectivity index (χ1) is 12.8. The van der Waals surface area contributed by atoms with Gasteiger partial charge in [-0.3, -0.25) is 0 Å². The smallest absolute Gasteiger partial charge is 0.134 e. The van der Waals surface area contributed by atoms with Gasteiger partial charge in [0.15, 0.2) is 0 Å². The van der Waals surface area contributed by atoms with E-state index >= 15 is 0 Å². The molecule has 0 bridgehead atoms. The van der Waals surface area contributed by atoms with E-state index in [9.17, 15) is 0 Å². The molecule has 4 aromatic rings. The first-order valence-corrected chi connectivity index (χ1v) is 9.08. The van der Waals surface area contributed by atoms with Crippen LogP contribution in [0.5, 0.6) is 0 Å². The number of anilines is 2. The summed E-state index contributed by atoms with van der Waals surface area (Å²) in [5.74, 6) is 0.990. The molecule has 126 valence electrons. The SMILES string of the molecule is Cc1ccc(Cc2cccc3nc4c(cc23)Cc2ccccc2N4)cc1. The molecule has 1 N–H and O–H groups in total. The summed E-state index contributed by atoms with van der Waals surface area (Å²) in [6.45, 7) is 2.13. The van der Waals surface area contributed by atoms with Gasteiger partial charge in [0.25, 0.3) is 0 Å². The molecule has 1 aliphatic rings. The number of benzene rings is 3. The lowest BCUT2D eigenvalue weighted by molar-refractivity contribution is 1.12. The van der Waals surface area contributed by atoms with Gasteiger partial charge in [0.1, 0.15) is 5.82 Å². The number of hydrogen-bond acceptors (Lipinski definition) is 2. The Kier molecular flexibility index (Phi) is 3.49. The third kappa shape index (κ3) is 2.64. The molecule has 5 rings (SSSR count). The van der Waals surface area contributed by atoms with E-state index in [4.69, 9.17) is 4.98 Å². The molecular formula is C24H20N2. The quantitative estimate of drug-likeness (QED) is 0.442. The van der Waals surface area contributed by atoms with Crippen molar-refractivity contribution in [3.63, 3.8) is 0 Å². The molecular weight excluding hydrogens is 316 g/mol. The van der Waals surface area contributed by atoms with E-state index in [1.165, 1.54) is 38.9 Å². The average Bonchev–Trinajstić information content (AvgIpc) is 2.67. The molecule has 0 spiro atoms. The number of aryl methyl sites for hydroxylation is 1. The Balaban J connectivity index is 1.58.